The highest BCUT2D eigenvalue weighted by molar-refractivity contribution is 9.09. The Kier molecular flexibility index (Phi) is 7.00. The van der Waals surface area contributed by atoms with Crippen molar-refractivity contribution in [1.29, 1.82) is 0 Å². The Bertz CT molecular complexity index is 327. The van der Waals surface area contributed by atoms with Crippen LogP contribution >= 0.6 is 15.9 Å². The highest BCUT2D eigenvalue weighted by atomic mass is 79.9. The molecule has 5 nitrogen and oxygen atoms in total. The molecule has 0 bridgehead atoms. The maximum absolute atomic E-state index is 12.4. The number of carbonyl (C=O) groups is 2. The maximum Gasteiger partial charge on any atom is 0.361 e. The first-order chi connectivity index (χ1) is 8.59. The highest BCUT2D eigenvalue weighted by Crippen LogP contribution is 2.27. The minimum Gasteiger partial charge on any atom is -0.456 e. The SMILES string of the molecule is CCOC(NC(C)=O)(C(=O)OC(C)(C)C)C(Br)CC. The molecule has 0 saturated carbocycles. The van der Waals surface area contributed by atoms with Crippen LogP contribution in [0.5, 0.6) is 0 Å². The third kappa shape index (κ3) is 5.48. The summed E-state index contributed by atoms with van der Waals surface area (Å²) in [6.45, 7) is 10.6. The van der Waals surface area contributed by atoms with Gasteiger partial charge < -0.3 is 14.8 Å². The molecular weight excluding hydrogens is 314 g/mol. The van der Waals surface area contributed by atoms with Crippen LogP contribution in [0, 0.1) is 0 Å². The van der Waals surface area contributed by atoms with Gasteiger partial charge in [-0.1, -0.05) is 22.9 Å². The lowest BCUT2D eigenvalue weighted by molar-refractivity contribution is -0.190. The molecule has 2 atom stereocenters. The van der Waals surface area contributed by atoms with E-state index in [1.165, 1.54) is 6.92 Å². The molecule has 2 unspecified atom stereocenters. The van der Waals surface area contributed by atoms with E-state index in [1.54, 1.807) is 27.7 Å². The number of carbonyl (C=O) groups excluding carboxylic acids is 2. The number of hydrogen-bond donors (Lipinski definition) is 1. The molecule has 0 spiro atoms. The van der Waals surface area contributed by atoms with Gasteiger partial charge in [-0.3, -0.25) is 4.79 Å². The van der Waals surface area contributed by atoms with Gasteiger partial charge in [-0.15, -0.1) is 0 Å². The van der Waals surface area contributed by atoms with Crippen molar-refractivity contribution >= 4 is 27.8 Å². The van der Waals surface area contributed by atoms with E-state index in [2.05, 4.69) is 21.2 Å². The number of ether oxygens (including phenoxy) is 2. The van der Waals surface area contributed by atoms with Crippen molar-refractivity contribution in [3.63, 3.8) is 0 Å². The van der Waals surface area contributed by atoms with Crippen molar-refractivity contribution in [3.05, 3.63) is 0 Å². The molecule has 19 heavy (non-hydrogen) atoms. The Morgan fingerprint density at radius 2 is 1.79 bits per heavy atom. The van der Waals surface area contributed by atoms with Crippen molar-refractivity contribution in [1.82, 2.24) is 5.32 Å². The van der Waals surface area contributed by atoms with E-state index >= 15 is 0 Å². The molecule has 0 aromatic rings. The number of rotatable bonds is 6. The molecule has 0 aliphatic rings. The average molecular weight is 338 g/mol. The van der Waals surface area contributed by atoms with Crippen molar-refractivity contribution in [2.45, 2.75) is 64.1 Å². The molecule has 6 heteroatoms. The summed E-state index contributed by atoms with van der Waals surface area (Å²) in [4.78, 5) is 23.4. The third-order valence-electron chi connectivity index (χ3n) is 2.24. The Morgan fingerprint density at radius 1 is 1.26 bits per heavy atom. The molecule has 0 aromatic heterocycles. The second-order valence-corrected chi connectivity index (χ2v) is 6.33. The van der Waals surface area contributed by atoms with E-state index in [0.29, 0.717) is 6.42 Å². The quantitative estimate of drug-likeness (QED) is 0.459. The van der Waals surface area contributed by atoms with Crippen molar-refractivity contribution in [2.24, 2.45) is 0 Å². The lowest BCUT2D eigenvalue weighted by Gasteiger charge is -2.37. The zero-order valence-corrected chi connectivity index (χ0v) is 14.1. The van der Waals surface area contributed by atoms with E-state index in [0.717, 1.165) is 0 Å². The molecule has 0 aliphatic heterocycles. The van der Waals surface area contributed by atoms with E-state index in [-0.39, 0.29) is 17.3 Å². The molecule has 1 N–H and O–H groups in total. The number of amides is 1. The summed E-state index contributed by atoms with van der Waals surface area (Å²) < 4.78 is 10.9. The van der Waals surface area contributed by atoms with Crippen LogP contribution in [0.2, 0.25) is 0 Å². The predicted octanol–water partition coefficient (Wildman–Crippen LogP) is 2.37. The van der Waals surface area contributed by atoms with Gasteiger partial charge >= 0.3 is 5.97 Å². The third-order valence-corrected chi connectivity index (χ3v) is 3.53. The minimum absolute atomic E-state index is 0.279. The van der Waals surface area contributed by atoms with Gasteiger partial charge in [-0.05, 0) is 34.1 Å². The lowest BCUT2D eigenvalue weighted by atomic mass is 10.1. The van der Waals surface area contributed by atoms with E-state index in [9.17, 15) is 9.59 Å². The first-order valence-corrected chi connectivity index (χ1v) is 7.30. The normalized spacial score (nSPS) is 16.4. The van der Waals surface area contributed by atoms with Crippen LogP contribution < -0.4 is 5.32 Å². The predicted molar refractivity (Wildman–Crippen MR) is 77.0 cm³/mol. The van der Waals surface area contributed by atoms with Gasteiger partial charge in [0.2, 0.25) is 5.91 Å². The number of nitrogens with one attached hydrogen (secondary N) is 1. The molecule has 0 heterocycles. The summed E-state index contributed by atoms with van der Waals surface area (Å²) >= 11 is 3.40. The molecule has 0 fully saturated rings. The number of alkyl halides is 1. The Labute approximate surface area is 123 Å². The van der Waals surface area contributed by atoms with Crippen molar-refractivity contribution in [2.75, 3.05) is 6.61 Å². The smallest absolute Gasteiger partial charge is 0.361 e. The molecule has 0 saturated heterocycles. The van der Waals surface area contributed by atoms with Gasteiger partial charge in [0.25, 0.3) is 5.72 Å². The molecule has 0 aliphatic carbocycles. The molecule has 112 valence electrons. The summed E-state index contributed by atoms with van der Waals surface area (Å²) in [7, 11) is 0. The van der Waals surface area contributed by atoms with Crippen molar-refractivity contribution < 1.29 is 19.1 Å². The Hall–Kier alpha value is -0.620. The molecule has 0 radical (unpaired) electrons. The Morgan fingerprint density at radius 3 is 2.11 bits per heavy atom. The molecule has 1 amide bonds. The van der Waals surface area contributed by atoms with Crippen LogP contribution in [0.3, 0.4) is 0 Å². The van der Waals surface area contributed by atoms with Gasteiger partial charge in [-0.25, -0.2) is 4.79 Å². The molecule has 0 aromatic carbocycles. The fraction of sp³-hybridized carbons (Fsp3) is 0.846. The fourth-order valence-corrected chi connectivity index (χ4v) is 2.01. The monoisotopic (exact) mass is 337 g/mol. The molecular formula is C13H24BrNO4. The summed E-state index contributed by atoms with van der Waals surface area (Å²) in [5.74, 6) is -0.946. The van der Waals surface area contributed by atoms with Gasteiger partial charge in [0, 0.05) is 13.5 Å². The Balaban J connectivity index is 5.42. The van der Waals surface area contributed by atoms with Crippen LogP contribution in [0.1, 0.15) is 48.0 Å². The van der Waals surface area contributed by atoms with E-state index in [4.69, 9.17) is 9.47 Å². The van der Waals surface area contributed by atoms with E-state index < -0.39 is 17.3 Å². The van der Waals surface area contributed by atoms with Crippen molar-refractivity contribution in [3.8, 4) is 0 Å². The zero-order valence-electron chi connectivity index (χ0n) is 12.5. The van der Waals surface area contributed by atoms with Crippen LogP contribution in [0.4, 0.5) is 0 Å². The van der Waals surface area contributed by atoms with Gasteiger partial charge in [-0.2, -0.15) is 0 Å². The summed E-state index contributed by atoms with van der Waals surface area (Å²) in [6, 6.07) is 0. The first kappa shape index (κ1) is 18.4. The largest absolute Gasteiger partial charge is 0.456 e. The van der Waals surface area contributed by atoms with Crippen LogP contribution in [-0.2, 0) is 19.1 Å². The summed E-state index contributed by atoms with van der Waals surface area (Å²) in [5, 5.41) is 2.58. The lowest BCUT2D eigenvalue weighted by Crippen LogP contribution is -2.63. The summed E-state index contributed by atoms with van der Waals surface area (Å²) in [6.07, 6.45) is 0.597. The fourth-order valence-electron chi connectivity index (χ4n) is 1.57. The minimum atomic E-state index is -1.50. The van der Waals surface area contributed by atoms with Crippen LogP contribution in [-0.4, -0.2) is 34.6 Å². The summed E-state index contributed by atoms with van der Waals surface area (Å²) in [5.41, 5.74) is -2.15. The topological polar surface area (TPSA) is 64.6 Å². The van der Waals surface area contributed by atoms with Crippen LogP contribution in [0.25, 0.3) is 0 Å². The second-order valence-electron chi connectivity index (χ2n) is 5.23. The molecule has 0 rings (SSSR count). The second kappa shape index (κ2) is 7.24. The van der Waals surface area contributed by atoms with Gasteiger partial charge in [0.05, 0.1) is 4.83 Å². The van der Waals surface area contributed by atoms with Gasteiger partial charge in [0.15, 0.2) is 0 Å². The number of hydrogen-bond acceptors (Lipinski definition) is 4. The standard InChI is InChI=1S/C13H24BrNO4/c1-7-10(14)13(18-8-2,15-9(3)16)11(17)19-12(4,5)6/h10H,7-8H2,1-6H3,(H,15,16). The first-order valence-electron chi connectivity index (χ1n) is 6.39. The maximum atomic E-state index is 12.4. The average Bonchev–Trinajstić information content (AvgIpc) is 2.24. The zero-order chi connectivity index (χ0) is 15.3. The van der Waals surface area contributed by atoms with Crippen LogP contribution in [0.15, 0.2) is 0 Å². The number of halogens is 1. The number of esters is 1. The van der Waals surface area contributed by atoms with Gasteiger partial charge in [0.1, 0.15) is 5.60 Å². The highest BCUT2D eigenvalue weighted by Gasteiger charge is 2.48. The van der Waals surface area contributed by atoms with E-state index in [1.807, 2.05) is 6.92 Å².